The summed E-state index contributed by atoms with van der Waals surface area (Å²) in [6.07, 6.45) is -3.42. The third-order valence-corrected chi connectivity index (χ3v) is 8.43. The molecule has 4 aromatic rings. The zero-order valence-electron chi connectivity index (χ0n) is 27.3. The highest BCUT2D eigenvalue weighted by Crippen LogP contribution is 2.42. The van der Waals surface area contributed by atoms with Crippen molar-refractivity contribution in [2.24, 2.45) is 0 Å². The topological polar surface area (TPSA) is 92.7 Å². The fourth-order valence-corrected chi connectivity index (χ4v) is 6.02. The second kappa shape index (κ2) is 17.8. The maximum atomic E-state index is 13.1. The molecule has 0 saturated carbocycles. The molecule has 252 valence electrons. The Bertz CT molecular complexity index is 1520. The average molecular weight is 653 g/mol. The molecule has 0 amide bonds. The summed E-state index contributed by atoms with van der Waals surface area (Å²) in [6.45, 7) is 5.00. The van der Waals surface area contributed by atoms with Gasteiger partial charge in [0.15, 0.2) is 6.10 Å². The van der Waals surface area contributed by atoms with Crippen molar-refractivity contribution in [3.8, 4) is 0 Å². The number of carbonyl (C=O) groups is 1. The summed E-state index contributed by atoms with van der Waals surface area (Å²) in [7, 11) is 1.23. The van der Waals surface area contributed by atoms with Crippen molar-refractivity contribution in [1.29, 1.82) is 0 Å². The monoisotopic (exact) mass is 652 g/mol. The van der Waals surface area contributed by atoms with Gasteiger partial charge in [0, 0.05) is 0 Å². The largest absolute Gasteiger partial charge is 0.467 e. The molecule has 0 spiro atoms. The molecule has 48 heavy (non-hydrogen) atoms. The van der Waals surface area contributed by atoms with Gasteiger partial charge in [-0.1, -0.05) is 127 Å². The van der Waals surface area contributed by atoms with E-state index in [1.165, 1.54) is 7.11 Å². The summed E-state index contributed by atoms with van der Waals surface area (Å²) in [4.78, 5) is 13.1. The molecule has 1 saturated heterocycles. The van der Waals surface area contributed by atoms with Crippen molar-refractivity contribution in [3.63, 3.8) is 0 Å². The maximum Gasteiger partial charge on any atom is 0.337 e. The van der Waals surface area contributed by atoms with E-state index in [0.717, 1.165) is 22.3 Å². The Hall–Kier alpha value is -4.15. The Morgan fingerprint density at radius 3 is 1.62 bits per heavy atom. The van der Waals surface area contributed by atoms with E-state index >= 15 is 0 Å². The minimum atomic E-state index is -1.74. The lowest BCUT2D eigenvalue weighted by Crippen LogP contribution is -2.71. The SMILES string of the molecule is C=CC[C@@]1([C@H](O)C(=O)OC)O[C@H](COCc2ccccc2)[C@@H](OCc2ccccc2)[C@H](OCc2ccccc2)[C@H]1OCc1ccccc1. The smallest absolute Gasteiger partial charge is 0.337 e. The van der Waals surface area contributed by atoms with Crippen molar-refractivity contribution in [1.82, 2.24) is 0 Å². The zero-order chi connectivity index (χ0) is 33.6. The lowest BCUT2D eigenvalue weighted by molar-refractivity contribution is -0.324. The zero-order valence-corrected chi connectivity index (χ0v) is 27.3. The van der Waals surface area contributed by atoms with Crippen molar-refractivity contribution in [2.45, 2.75) is 69.0 Å². The standard InChI is InChI=1S/C40H44O8/c1-3-24-40(37(41)39(42)43-2)38(47-28-33-22-14-7-15-23-33)36(46-27-32-20-12-6-13-21-32)35(45-26-31-18-10-5-11-19-31)34(48-40)29-44-25-30-16-8-4-9-17-30/h3-23,34-38,41H,1,24-29H2,2H3/t34-,35-,36+,37-,38-,40+/m1/s1. The molecule has 5 rings (SSSR count). The molecule has 0 radical (unpaired) electrons. The van der Waals surface area contributed by atoms with E-state index in [0.29, 0.717) is 6.61 Å². The van der Waals surface area contributed by atoms with Crippen LogP contribution in [-0.4, -0.2) is 60.9 Å². The second-order valence-corrected chi connectivity index (χ2v) is 11.8. The first-order valence-corrected chi connectivity index (χ1v) is 16.2. The van der Waals surface area contributed by atoms with Crippen LogP contribution in [0.15, 0.2) is 134 Å². The van der Waals surface area contributed by atoms with Crippen LogP contribution in [0.2, 0.25) is 0 Å². The molecule has 1 heterocycles. The molecule has 8 heteroatoms. The minimum absolute atomic E-state index is 0.0501. The van der Waals surface area contributed by atoms with Gasteiger partial charge in [0.25, 0.3) is 0 Å². The van der Waals surface area contributed by atoms with Gasteiger partial charge in [-0.15, -0.1) is 6.58 Å². The molecular weight excluding hydrogens is 608 g/mol. The number of carbonyl (C=O) groups excluding carboxylic acids is 1. The first-order valence-electron chi connectivity index (χ1n) is 16.2. The van der Waals surface area contributed by atoms with E-state index in [-0.39, 0.29) is 32.8 Å². The van der Waals surface area contributed by atoms with Crippen molar-refractivity contribution in [2.75, 3.05) is 13.7 Å². The Balaban J connectivity index is 1.56. The van der Waals surface area contributed by atoms with Crippen molar-refractivity contribution >= 4 is 5.97 Å². The lowest BCUT2D eigenvalue weighted by atomic mass is 9.78. The molecule has 0 unspecified atom stereocenters. The van der Waals surface area contributed by atoms with Gasteiger partial charge in [0.05, 0.1) is 40.1 Å². The van der Waals surface area contributed by atoms with E-state index in [1.807, 2.05) is 121 Å². The Morgan fingerprint density at radius 2 is 1.17 bits per heavy atom. The lowest BCUT2D eigenvalue weighted by Gasteiger charge is -2.53. The van der Waals surface area contributed by atoms with Gasteiger partial charge >= 0.3 is 5.97 Å². The van der Waals surface area contributed by atoms with E-state index in [9.17, 15) is 9.90 Å². The van der Waals surface area contributed by atoms with Crippen molar-refractivity contribution < 1.29 is 38.3 Å². The number of aliphatic hydroxyl groups excluding tert-OH is 1. The van der Waals surface area contributed by atoms with Gasteiger partial charge in [-0.2, -0.15) is 0 Å². The first-order chi connectivity index (χ1) is 23.5. The van der Waals surface area contributed by atoms with Crippen LogP contribution in [-0.2, 0) is 59.6 Å². The molecule has 1 aliphatic heterocycles. The fraction of sp³-hybridized carbons (Fsp3) is 0.325. The summed E-state index contributed by atoms with van der Waals surface area (Å²) in [5, 5.41) is 11.7. The molecule has 0 aliphatic carbocycles. The van der Waals surface area contributed by atoms with Crippen LogP contribution in [0.3, 0.4) is 0 Å². The quantitative estimate of drug-likeness (QED) is 0.106. The molecule has 0 aromatic heterocycles. The second-order valence-electron chi connectivity index (χ2n) is 11.8. The van der Waals surface area contributed by atoms with Gasteiger partial charge in [-0.25, -0.2) is 4.79 Å². The molecule has 1 N–H and O–H groups in total. The Morgan fingerprint density at radius 1 is 0.729 bits per heavy atom. The predicted octanol–water partition coefficient (Wildman–Crippen LogP) is 6.21. The summed E-state index contributed by atoms with van der Waals surface area (Å²) in [5.41, 5.74) is 2.13. The summed E-state index contributed by atoms with van der Waals surface area (Å²) in [6, 6.07) is 39.1. The summed E-state index contributed by atoms with van der Waals surface area (Å²) >= 11 is 0. The molecule has 1 aliphatic rings. The molecule has 8 nitrogen and oxygen atoms in total. The highest BCUT2D eigenvalue weighted by molar-refractivity contribution is 5.76. The average Bonchev–Trinajstić information content (AvgIpc) is 3.14. The summed E-state index contributed by atoms with van der Waals surface area (Å²) in [5.74, 6) is -0.862. The van der Waals surface area contributed by atoms with Crippen molar-refractivity contribution in [3.05, 3.63) is 156 Å². The van der Waals surface area contributed by atoms with Crippen LogP contribution in [0, 0.1) is 0 Å². The summed E-state index contributed by atoms with van der Waals surface area (Å²) < 4.78 is 38.2. The maximum absolute atomic E-state index is 13.1. The van der Waals surface area contributed by atoms with Gasteiger partial charge in [0.1, 0.15) is 30.0 Å². The number of rotatable bonds is 17. The van der Waals surface area contributed by atoms with E-state index in [1.54, 1.807) is 6.08 Å². The number of hydrogen-bond acceptors (Lipinski definition) is 8. The van der Waals surface area contributed by atoms with Crippen LogP contribution >= 0.6 is 0 Å². The normalized spacial score (nSPS) is 22.9. The Kier molecular flexibility index (Phi) is 13.1. The highest BCUT2D eigenvalue weighted by atomic mass is 16.6. The number of benzene rings is 4. The molecule has 4 aromatic carbocycles. The minimum Gasteiger partial charge on any atom is -0.467 e. The molecule has 1 fully saturated rings. The predicted molar refractivity (Wildman–Crippen MR) is 182 cm³/mol. The Labute approximate surface area is 282 Å². The molecule has 6 atom stereocenters. The number of methoxy groups -OCH3 is 1. The number of ether oxygens (including phenoxy) is 6. The third-order valence-electron chi connectivity index (χ3n) is 8.43. The van der Waals surface area contributed by atoms with Gasteiger partial charge < -0.3 is 33.5 Å². The third kappa shape index (κ3) is 9.05. The van der Waals surface area contributed by atoms with Crippen LogP contribution in [0.4, 0.5) is 0 Å². The number of esters is 1. The van der Waals surface area contributed by atoms with Crippen LogP contribution in [0.5, 0.6) is 0 Å². The van der Waals surface area contributed by atoms with E-state index < -0.39 is 42.1 Å². The van der Waals surface area contributed by atoms with Crippen LogP contribution in [0.1, 0.15) is 28.7 Å². The van der Waals surface area contributed by atoms with Gasteiger partial charge in [0.2, 0.25) is 0 Å². The van der Waals surface area contributed by atoms with Crippen LogP contribution < -0.4 is 0 Å². The van der Waals surface area contributed by atoms with Gasteiger partial charge in [-0.05, 0) is 28.7 Å². The molecule has 0 bridgehead atoms. The van der Waals surface area contributed by atoms with E-state index in [4.69, 9.17) is 28.4 Å². The first kappa shape index (κ1) is 35.2. The molecular formula is C40H44O8. The van der Waals surface area contributed by atoms with E-state index in [2.05, 4.69) is 6.58 Å². The highest BCUT2D eigenvalue weighted by Gasteiger charge is 2.61. The van der Waals surface area contributed by atoms with Crippen LogP contribution in [0.25, 0.3) is 0 Å². The van der Waals surface area contributed by atoms with Gasteiger partial charge in [-0.3, -0.25) is 0 Å². The fourth-order valence-electron chi connectivity index (χ4n) is 6.02. The number of hydrogen-bond donors (Lipinski definition) is 1. The number of aliphatic hydroxyl groups is 1.